The third kappa shape index (κ3) is 3.80. The summed E-state index contributed by atoms with van der Waals surface area (Å²) < 4.78 is 6.99. The lowest BCUT2D eigenvalue weighted by Gasteiger charge is -2.34. The molecule has 0 spiro atoms. The Bertz CT molecular complexity index is 447. The fraction of sp³-hybridized carbons (Fsp3) is 0.714. The summed E-state index contributed by atoms with van der Waals surface area (Å²) in [7, 11) is 1.60. The van der Waals surface area contributed by atoms with Crippen LogP contribution in [0, 0.1) is 6.92 Å². The second-order valence-corrected chi connectivity index (χ2v) is 5.34. The molecule has 2 N–H and O–H groups in total. The number of aryl methyl sites for hydroxylation is 2. The summed E-state index contributed by atoms with van der Waals surface area (Å²) >= 11 is 0. The first-order valence-electron chi connectivity index (χ1n) is 7.10. The van der Waals surface area contributed by atoms with Crippen molar-refractivity contribution >= 4 is 5.91 Å². The summed E-state index contributed by atoms with van der Waals surface area (Å²) in [6.45, 7) is 2.47. The van der Waals surface area contributed by atoms with Crippen molar-refractivity contribution in [2.45, 2.75) is 57.4 Å². The van der Waals surface area contributed by atoms with Crippen LogP contribution in [0.25, 0.3) is 0 Å². The number of nitrogens with one attached hydrogen (secondary N) is 1. The van der Waals surface area contributed by atoms with Crippen LogP contribution in [0.3, 0.4) is 0 Å². The lowest BCUT2D eigenvalue weighted by molar-refractivity contribution is -0.125. The molecular weight excluding hydrogens is 258 g/mol. The largest absolute Gasteiger partial charge is 0.388 e. The van der Waals surface area contributed by atoms with Gasteiger partial charge >= 0.3 is 0 Å². The van der Waals surface area contributed by atoms with Gasteiger partial charge in [0.25, 0.3) is 0 Å². The van der Waals surface area contributed by atoms with Crippen LogP contribution in [-0.2, 0) is 16.1 Å². The number of hydrogen-bond donors (Lipinski definition) is 2. The molecule has 0 aromatic carbocycles. The van der Waals surface area contributed by atoms with Crippen LogP contribution in [0.4, 0.5) is 0 Å². The van der Waals surface area contributed by atoms with Crippen LogP contribution in [0.5, 0.6) is 0 Å². The maximum Gasteiger partial charge on any atom is 0.222 e. The van der Waals surface area contributed by atoms with Gasteiger partial charge in [-0.1, -0.05) is 0 Å². The van der Waals surface area contributed by atoms with Crippen molar-refractivity contribution in [3.63, 3.8) is 0 Å². The van der Waals surface area contributed by atoms with Gasteiger partial charge in [0.2, 0.25) is 5.91 Å². The molecule has 112 valence electrons. The molecule has 1 aromatic rings. The van der Waals surface area contributed by atoms with Crippen LogP contribution in [0.15, 0.2) is 12.3 Å². The predicted molar refractivity (Wildman–Crippen MR) is 74.2 cm³/mol. The van der Waals surface area contributed by atoms with Crippen molar-refractivity contribution in [2.75, 3.05) is 7.11 Å². The minimum atomic E-state index is -0.621. The van der Waals surface area contributed by atoms with Crippen LogP contribution >= 0.6 is 0 Å². The zero-order valence-corrected chi connectivity index (χ0v) is 12.1. The van der Waals surface area contributed by atoms with Gasteiger partial charge in [-0.25, -0.2) is 0 Å². The van der Waals surface area contributed by atoms with Crippen molar-refractivity contribution in [3.8, 4) is 0 Å². The highest BCUT2D eigenvalue weighted by Crippen LogP contribution is 2.21. The minimum Gasteiger partial charge on any atom is -0.388 e. The maximum atomic E-state index is 11.9. The Kier molecular flexibility index (Phi) is 5.14. The van der Waals surface area contributed by atoms with E-state index in [1.807, 2.05) is 19.2 Å². The maximum absolute atomic E-state index is 11.9. The molecule has 1 aliphatic carbocycles. The summed E-state index contributed by atoms with van der Waals surface area (Å²) in [5.74, 6) is -0.0565. The van der Waals surface area contributed by atoms with Gasteiger partial charge in [0.05, 0.1) is 17.8 Å². The van der Waals surface area contributed by atoms with E-state index in [0.717, 1.165) is 25.0 Å². The highest BCUT2D eigenvalue weighted by Gasteiger charge is 2.32. The quantitative estimate of drug-likeness (QED) is 0.830. The van der Waals surface area contributed by atoms with Crippen LogP contribution in [-0.4, -0.2) is 46.2 Å². The molecule has 2 rings (SSSR count). The molecule has 1 aromatic heterocycles. The van der Waals surface area contributed by atoms with E-state index in [9.17, 15) is 9.90 Å². The first-order valence-corrected chi connectivity index (χ1v) is 7.10. The molecule has 6 nitrogen and oxygen atoms in total. The van der Waals surface area contributed by atoms with Crippen LogP contribution < -0.4 is 5.32 Å². The van der Waals surface area contributed by atoms with E-state index in [1.165, 1.54) is 0 Å². The molecule has 0 radical (unpaired) electrons. The van der Waals surface area contributed by atoms with Crippen molar-refractivity contribution in [1.82, 2.24) is 15.1 Å². The Morgan fingerprint density at radius 2 is 2.40 bits per heavy atom. The van der Waals surface area contributed by atoms with E-state index in [4.69, 9.17) is 4.74 Å². The first-order chi connectivity index (χ1) is 9.60. The van der Waals surface area contributed by atoms with Gasteiger partial charge in [-0.3, -0.25) is 9.48 Å². The monoisotopic (exact) mass is 281 g/mol. The van der Waals surface area contributed by atoms with Gasteiger partial charge in [-0.05, 0) is 32.3 Å². The molecule has 20 heavy (non-hydrogen) atoms. The van der Waals surface area contributed by atoms with Gasteiger partial charge in [0.1, 0.15) is 6.10 Å². The fourth-order valence-electron chi connectivity index (χ4n) is 2.64. The Morgan fingerprint density at radius 3 is 3.05 bits per heavy atom. The number of carbonyl (C=O) groups is 1. The SMILES string of the molecule is CO[C@@H]1CCC[C@@H](NC(=O)CCn2ccc(C)n2)[C@H]1O. The topological polar surface area (TPSA) is 76.4 Å². The molecule has 0 unspecified atom stereocenters. The molecule has 0 saturated heterocycles. The van der Waals surface area contributed by atoms with E-state index in [2.05, 4.69) is 10.4 Å². The molecule has 1 aliphatic rings. The lowest BCUT2D eigenvalue weighted by Crippen LogP contribution is -2.51. The van der Waals surface area contributed by atoms with Crippen molar-refractivity contribution in [1.29, 1.82) is 0 Å². The molecule has 1 heterocycles. The number of aliphatic hydroxyl groups excluding tert-OH is 1. The second-order valence-electron chi connectivity index (χ2n) is 5.34. The van der Waals surface area contributed by atoms with Crippen molar-refractivity contribution in [3.05, 3.63) is 18.0 Å². The van der Waals surface area contributed by atoms with E-state index >= 15 is 0 Å². The number of nitrogens with zero attached hydrogens (tertiary/aromatic N) is 2. The Morgan fingerprint density at radius 1 is 1.60 bits per heavy atom. The summed E-state index contributed by atoms with van der Waals surface area (Å²) in [5, 5.41) is 17.2. The molecule has 0 bridgehead atoms. The highest BCUT2D eigenvalue weighted by atomic mass is 16.5. The summed E-state index contributed by atoms with van der Waals surface area (Å²) in [4.78, 5) is 11.9. The average Bonchev–Trinajstić information content (AvgIpc) is 2.85. The molecule has 1 fully saturated rings. The Labute approximate surface area is 119 Å². The summed E-state index contributed by atoms with van der Waals surface area (Å²) in [5.41, 5.74) is 0.941. The Balaban J connectivity index is 1.78. The molecular formula is C14H23N3O3. The third-order valence-electron chi connectivity index (χ3n) is 3.79. The van der Waals surface area contributed by atoms with Gasteiger partial charge in [-0.2, -0.15) is 5.10 Å². The number of aromatic nitrogens is 2. The zero-order chi connectivity index (χ0) is 14.5. The van der Waals surface area contributed by atoms with E-state index in [0.29, 0.717) is 13.0 Å². The Hall–Kier alpha value is -1.40. The molecule has 6 heteroatoms. The number of methoxy groups -OCH3 is 1. The minimum absolute atomic E-state index is 0.0565. The number of ether oxygens (including phenoxy) is 1. The van der Waals surface area contributed by atoms with Gasteiger partial charge < -0.3 is 15.2 Å². The standard InChI is InChI=1S/C14H23N3O3/c1-10-6-8-17(16-10)9-7-13(18)15-11-4-3-5-12(20-2)14(11)19/h6,8,11-12,14,19H,3-5,7,9H2,1-2H3,(H,15,18)/t11-,12-,14-/m1/s1. The normalized spacial score (nSPS) is 26.4. The van der Waals surface area contributed by atoms with Gasteiger partial charge in [0.15, 0.2) is 0 Å². The molecule has 3 atom stereocenters. The second kappa shape index (κ2) is 6.85. The lowest BCUT2D eigenvalue weighted by atomic mass is 9.90. The number of amides is 1. The third-order valence-corrected chi connectivity index (χ3v) is 3.79. The van der Waals surface area contributed by atoms with Crippen molar-refractivity contribution in [2.24, 2.45) is 0 Å². The van der Waals surface area contributed by atoms with E-state index in [-0.39, 0.29) is 18.1 Å². The van der Waals surface area contributed by atoms with Crippen molar-refractivity contribution < 1.29 is 14.6 Å². The average molecular weight is 281 g/mol. The molecule has 1 amide bonds. The van der Waals surface area contributed by atoms with Gasteiger partial charge in [-0.15, -0.1) is 0 Å². The number of rotatable bonds is 5. The highest BCUT2D eigenvalue weighted by molar-refractivity contribution is 5.76. The summed E-state index contributed by atoms with van der Waals surface area (Å²) in [6.07, 6.45) is 4.02. The smallest absolute Gasteiger partial charge is 0.222 e. The number of hydrogen-bond acceptors (Lipinski definition) is 4. The fourth-order valence-corrected chi connectivity index (χ4v) is 2.64. The number of aliphatic hydroxyl groups is 1. The first kappa shape index (κ1) is 15.0. The van der Waals surface area contributed by atoms with Gasteiger partial charge in [0, 0.05) is 26.3 Å². The van der Waals surface area contributed by atoms with E-state index < -0.39 is 6.10 Å². The number of carbonyl (C=O) groups excluding carboxylic acids is 1. The molecule has 0 aliphatic heterocycles. The van der Waals surface area contributed by atoms with E-state index in [1.54, 1.807) is 11.8 Å². The summed E-state index contributed by atoms with van der Waals surface area (Å²) in [6, 6.07) is 1.70. The predicted octanol–water partition coefficient (Wildman–Crippen LogP) is 0.626. The molecule has 1 saturated carbocycles. The zero-order valence-electron chi connectivity index (χ0n) is 12.1. The van der Waals surface area contributed by atoms with Crippen LogP contribution in [0.2, 0.25) is 0 Å². The van der Waals surface area contributed by atoms with Crippen LogP contribution in [0.1, 0.15) is 31.4 Å².